The van der Waals surface area contributed by atoms with Crippen LogP contribution in [0.4, 0.5) is 4.39 Å². The number of benzene rings is 2. The van der Waals surface area contributed by atoms with E-state index in [1.807, 2.05) is 26.0 Å². The van der Waals surface area contributed by atoms with Crippen LogP contribution in [0.25, 0.3) is 5.78 Å². The summed E-state index contributed by atoms with van der Waals surface area (Å²) in [6.45, 7) is 12.2. The highest BCUT2D eigenvalue weighted by atomic mass is 32.2. The number of nitrogens with one attached hydrogen (secondary N) is 1. The molecule has 0 unspecified atom stereocenters. The first-order chi connectivity index (χ1) is 19.3. The second-order valence-corrected chi connectivity index (χ2v) is 11.4. The van der Waals surface area contributed by atoms with Gasteiger partial charge in [-0.15, -0.1) is 5.10 Å². The molecule has 0 spiro atoms. The molecule has 0 saturated carbocycles. The molecule has 1 saturated heterocycles. The predicted molar refractivity (Wildman–Crippen MR) is 156 cm³/mol. The fraction of sp³-hybridized carbons (Fsp3) is 0.400. The molecule has 10 heteroatoms. The Balaban J connectivity index is 1.06. The predicted octanol–water partition coefficient (Wildman–Crippen LogP) is 3.81. The molecule has 2 aromatic carbocycles. The summed E-state index contributed by atoms with van der Waals surface area (Å²) >= 11 is 1.33. The third kappa shape index (κ3) is 7.24. The summed E-state index contributed by atoms with van der Waals surface area (Å²) in [5.74, 6) is 0.592. The Morgan fingerprint density at radius 2 is 1.60 bits per heavy atom. The Kier molecular flexibility index (Phi) is 9.08. The Hall–Kier alpha value is -3.34. The molecule has 40 heavy (non-hydrogen) atoms. The van der Waals surface area contributed by atoms with Crippen molar-refractivity contribution in [3.63, 3.8) is 0 Å². The van der Waals surface area contributed by atoms with Gasteiger partial charge in [0.15, 0.2) is 0 Å². The van der Waals surface area contributed by atoms with E-state index in [4.69, 9.17) is 0 Å². The van der Waals surface area contributed by atoms with E-state index >= 15 is 0 Å². The van der Waals surface area contributed by atoms with Crippen molar-refractivity contribution >= 4 is 23.4 Å². The summed E-state index contributed by atoms with van der Waals surface area (Å²) in [4.78, 5) is 26.5. The summed E-state index contributed by atoms with van der Waals surface area (Å²) in [6.07, 6.45) is 0.787. The van der Waals surface area contributed by atoms with Crippen LogP contribution >= 0.6 is 11.8 Å². The topological polar surface area (TPSA) is 78.7 Å². The number of halogens is 1. The molecule has 1 aliphatic heterocycles. The Bertz CT molecular complexity index is 1450. The summed E-state index contributed by atoms with van der Waals surface area (Å²) in [5.41, 5.74) is 6.71. The van der Waals surface area contributed by atoms with Gasteiger partial charge < -0.3 is 5.32 Å². The first-order valence-electron chi connectivity index (χ1n) is 13.7. The van der Waals surface area contributed by atoms with Crippen molar-refractivity contribution in [2.24, 2.45) is 0 Å². The van der Waals surface area contributed by atoms with Crippen molar-refractivity contribution < 1.29 is 9.18 Å². The molecule has 210 valence electrons. The minimum atomic E-state index is -0.200. The standard InChI is InChI=1S/C30H36FN7OS/c1-21-4-6-24(7-5-21)18-27-22(2)33-29-34-30(35-38(29)23(27)3)40-20-28(39)32-12-13-36-14-16-37(17-15-36)19-25-8-10-26(31)11-9-25/h4-11H,12-20H2,1-3H3,(H,32,39). The zero-order valence-electron chi connectivity index (χ0n) is 23.4. The SMILES string of the molecule is Cc1ccc(Cc2c(C)nc3nc(SCC(=O)NCCN4CCN(Cc5ccc(F)cc5)CC4)nn3c2C)cc1. The lowest BCUT2D eigenvalue weighted by Crippen LogP contribution is -2.48. The van der Waals surface area contributed by atoms with Gasteiger partial charge in [-0.1, -0.05) is 53.7 Å². The van der Waals surface area contributed by atoms with Gasteiger partial charge in [-0.3, -0.25) is 14.6 Å². The second-order valence-electron chi connectivity index (χ2n) is 10.4. The highest BCUT2D eigenvalue weighted by Crippen LogP contribution is 2.21. The maximum Gasteiger partial charge on any atom is 0.253 e. The molecule has 8 nitrogen and oxygen atoms in total. The molecule has 1 amide bonds. The number of aryl methyl sites for hydroxylation is 3. The molecule has 4 aromatic rings. The molecular weight excluding hydrogens is 525 g/mol. The molecule has 1 aliphatic rings. The van der Waals surface area contributed by atoms with Crippen molar-refractivity contribution in [3.8, 4) is 0 Å². The molecule has 5 rings (SSSR count). The number of carbonyl (C=O) groups excluding carboxylic acids is 1. The van der Waals surface area contributed by atoms with Gasteiger partial charge in [0.05, 0.1) is 5.75 Å². The van der Waals surface area contributed by atoms with Crippen LogP contribution in [0.15, 0.2) is 53.7 Å². The summed E-state index contributed by atoms with van der Waals surface area (Å²) < 4.78 is 14.9. The molecule has 3 heterocycles. The van der Waals surface area contributed by atoms with E-state index in [9.17, 15) is 9.18 Å². The summed E-state index contributed by atoms with van der Waals surface area (Å²) in [5, 5.41) is 8.20. The maximum atomic E-state index is 13.1. The molecule has 0 bridgehead atoms. The van der Waals surface area contributed by atoms with Gasteiger partial charge in [-0.25, -0.2) is 13.9 Å². The quantitative estimate of drug-likeness (QED) is 0.295. The third-order valence-electron chi connectivity index (χ3n) is 7.40. The minimum absolute atomic E-state index is 0.0280. The number of carbonyl (C=O) groups is 1. The van der Waals surface area contributed by atoms with Gasteiger partial charge in [0.25, 0.3) is 5.78 Å². The van der Waals surface area contributed by atoms with Crippen molar-refractivity contribution in [1.29, 1.82) is 0 Å². The minimum Gasteiger partial charge on any atom is -0.354 e. The first-order valence-corrected chi connectivity index (χ1v) is 14.7. The highest BCUT2D eigenvalue weighted by molar-refractivity contribution is 7.99. The molecular formula is C30H36FN7OS. The van der Waals surface area contributed by atoms with E-state index < -0.39 is 0 Å². The number of aromatic nitrogens is 4. The maximum absolute atomic E-state index is 13.1. The highest BCUT2D eigenvalue weighted by Gasteiger charge is 2.18. The summed E-state index contributed by atoms with van der Waals surface area (Å²) in [6, 6.07) is 15.3. The van der Waals surface area contributed by atoms with Crippen LogP contribution in [0.2, 0.25) is 0 Å². The van der Waals surface area contributed by atoms with Gasteiger partial charge >= 0.3 is 0 Å². The second kappa shape index (κ2) is 12.9. The molecule has 0 aliphatic carbocycles. The van der Waals surface area contributed by atoms with E-state index in [2.05, 4.69) is 61.4 Å². The van der Waals surface area contributed by atoms with E-state index in [0.29, 0.717) is 17.5 Å². The van der Waals surface area contributed by atoms with Gasteiger partial charge in [-0.05, 0) is 49.6 Å². The number of hydrogen-bond acceptors (Lipinski definition) is 7. The number of amides is 1. The van der Waals surface area contributed by atoms with E-state index in [-0.39, 0.29) is 17.5 Å². The lowest BCUT2D eigenvalue weighted by atomic mass is 10.0. The number of nitrogens with zero attached hydrogens (tertiary/aromatic N) is 6. The Labute approximate surface area is 239 Å². The monoisotopic (exact) mass is 561 g/mol. The fourth-order valence-corrected chi connectivity index (χ4v) is 5.62. The number of piperazine rings is 1. The van der Waals surface area contributed by atoms with Crippen molar-refractivity contribution in [2.75, 3.05) is 45.0 Å². The Morgan fingerprint density at radius 3 is 2.33 bits per heavy atom. The van der Waals surface area contributed by atoms with Gasteiger partial charge in [0.2, 0.25) is 11.1 Å². The van der Waals surface area contributed by atoms with Crippen molar-refractivity contribution in [3.05, 3.63) is 88.0 Å². The smallest absolute Gasteiger partial charge is 0.253 e. The van der Waals surface area contributed by atoms with E-state index in [1.165, 1.54) is 35.0 Å². The molecule has 0 atom stereocenters. The van der Waals surface area contributed by atoms with E-state index in [0.717, 1.165) is 68.2 Å². The number of hydrogen-bond donors (Lipinski definition) is 1. The van der Waals surface area contributed by atoms with Crippen LogP contribution < -0.4 is 5.32 Å². The van der Waals surface area contributed by atoms with Crippen LogP contribution in [0, 0.1) is 26.6 Å². The number of fused-ring (bicyclic) bond motifs is 1. The van der Waals surface area contributed by atoms with Crippen LogP contribution in [0.3, 0.4) is 0 Å². The number of rotatable bonds is 10. The number of thioether (sulfide) groups is 1. The Morgan fingerprint density at radius 1 is 0.925 bits per heavy atom. The molecule has 0 radical (unpaired) electrons. The average Bonchev–Trinajstić information content (AvgIpc) is 3.36. The fourth-order valence-electron chi connectivity index (χ4n) is 4.97. The lowest BCUT2D eigenvalue weighted by molar-refractivity contribution is -0.118. The van der Waals surface area contributed by atoms with Crippen LogP contribution in [-0.4, -0.2) is 80.3 Å². The van der Waals surface area contributed by atoms with Gasteiger partial charge in [-0.2, -0.15) is 4.98 Å². The first kappa shape index (κ1) is 28.2. The largest absolute Gasteiger partial charge is 0.354 e. The zero-order chi connectivity index (χ0) is 28.1. The van der Waals surface area contributed by atoms with Crippen LogP contribution in [0.5, 0.6) is 0 Å². The van der Waals surface area contributed by atoms with Gasteiger partial charge in [0, 0.05) is 63.6 Å². The average molecular weight is 562 g/mol. The lowest BCUT2D eigenvalue weighted by Gasteiger charge is -2.34. The van der Waals surface area contributed by atoms with E-state index in [1.54, 1.807) is 4.52 Å². The normalized spacial score (nSPS) is 14.6. The van der Waals surface area contributed by atoms with Crippen molar-refractivity contribution in [2.45, 2.75) is 38.9 Å². The molecule has 1 N–H and O–H groups in total. The van der Waals surface area contributed by atoms with Gasteiger partial charge in [0.1, 0.15) is 5.82 Å². The van der Waals surface area contributed by atoms with Crippen LogP contribution in [0.1, 0.15) is 33.6 Å². The molecule has 1 fully saturated rings. The zero-order valence-corrected chi connectivity index (χ0v) is 24.2. The van der Waals surface area contributed by atoms with Crippen molar-refractivity contribution in [1.82, 2.24) is 34.7 Å². The molecule has 2 aromatic heterocycles. The van der Waals surface area contributed by atoms with Crippen LogP contribution in [-0.2, 0) is 17.8 Å². The third-order valence-corrected chi connectivity index (χ3v) is 8.24. The summed E-state index contributed by atoms with van der Waals surface area (Å²) in [7, 11) is 0.